The number of nitrogens with zero attached hydrogens (tertiary/aromatic N) is 1. The van der Waals surface area contributed by atoms with Crippen molar-refractivity contribution in [2.75, 3.05) is 13.7 Å². The van der Waals surface area contributed by atoms with Crippen molar-refractivity contribution < 1.29 is 14.5 Å². The molecule has 1 unspecified atom stereocenters. The topological polar surface area (TPSA) is 53.9 Å². The van der Waals surface area contributed by atoms with E-state index in [1.807, 2.05) is 61.6 Å². The van der Waals surface area contributed by atoms with Gasteiger partial charge in [0.25, 0.3) is 5.91 Å². The van der Waals surface area contributed by atoms with Gasteiger partial charge in [-0.1, -0.05) is 48.0 Å². The third-order valence-electron chi connectivity index (χ3n) is 5.13. The average molecular weight is 415 g/mol. The zero-order chi connectivity index (χ0) is 19.9. The molecule has 2 atom stereocenters. The van der Waals surface area contributed by atoms with E-state index in [-0.39, 0.29) is 11.9 Å². The first-order chi connectivity index (χ1) is 13.4. The van der Waals surface area contributed by atoms with E-state index < -0.39 is 5.54 Å². The van der Waals surface area contributed by atoms with Crippen molar-refractivity contribution in [1.29, 1.82) is 0 Å². The maximum atomic E-state index is 13.2. The van der Waals surface area contributed by atoms with Gasteiger partial charge in [0.2, 0.25) is 0 Å². The number of nitrogens with one attached hydrogen (secondary N) is 2. The molecule has 1 aliphatic rings. The van der Waals surface area contributed by atoms with Crippen molar-refractivity contribution in [1.82, 2.24) is 10.2 Å². The highest BCUT2D eigenvalue weighted by Gasteiger charge is 2.50. The van der Waals surface area contributed by atoms with Gasteiger partial charge in [-0.25, -0.2) is 9.69 Å². The first kappa shape index (κ1) is 18.9. The lowest BCUT2D eigenvalue weighted by molar-refractivity contribution is -0.900. The van der Waals surface area contributed by atoms with Crippen LogP contribution in [0.25, 0.3) is 10.8 Å². The summed E-state index contributed by atoms with van der Waals surface area (Å²) >= 11 is 7.50. The lowest BCUT2D eigenvalue weighted by atomic mass is 9.90. The van der Waals surface area contributed by atoms with E-state index >= 15 is 0 Å². The molecule has 144 valence electrons. The fourth-order valence-electron chi connectivity index (χ4n) is 3.61. The Morgan fingerprint density at radius 3 is 2.57 bits per heavy atom. The van der Waals surface area contributed by atoms with Crippen LogP contribution < -0.4 is 10.2 Å². The molecule has 28 heavy (non-hydrogen) atoms. The third-order valence-corrected chi connectivity index (χ3v) is 6.37. The molecule has 1 aliphatic heterocycles. The molecule has 3 aromatic rings. The van der Waals surface area contributed by atoms with Crippen molar-refractivity contribution in [3.8, 4) is 0 Å². The number of carbonyl (C=O) groups is 2. The predicted molar refractivity (Wildman–Crippen MR) is 111 cm³/mol. The van der Waals surface area contributed by atoms with Crippen LogP contribution in [-0.4, -0.2) is 30.6 Å². The molecule has 7 heteroatoms. The van der Waals surface area contributed by atoms with Gasteiger partial charge < -0.3 is 10.2 Å². The van der Waals surface area contributed by atoms with Crippen LogP contribution in [0, 0.1) is 0 Å². The molecule has 1 fully saturated rings. The molecule has 0 bridgehead atoms. The first-order valence-corrected chi connectivity index (χ1v) is 10.3. The third kappa shape index (κ3) is 3.39. The Hall–Kier alpha value is -2.41. The summed E-state index contributed by atoms with van der Waals surface area (Å²) in [5, 5.41) is 5.03. The number of rotatable bonds is 5. The molecule has 3 amide bonds. The summed E-state index contributed by atoms with van der Waals surface area (Å²) in [4.78, 5) is 29.2. The lowest BCUT2D eigenvalue weighted by Crippen LogP contribution is -3.09. The number of fused-ring (bicyclic) bond motifs is 1. The number of hydrogen-bond donors (Lipinski definition) is 2. The Morgan fingerprint density at radius 1 is 1.11 bits per heavy atom. The van der Waals surface area contributed by atoms with Crippen molar-refractivity contribution in [3.05, 3.63) is 69.4 Å². The molecule has 1 aromatic heterocycles. The zero-order valence-electron chi connectivity index (χ0n) is 15.7. The van der Waals surface area contributed by atoms with Crippen LogP contribution in [0.3, 0.4) is 0 Å². The fourth-order valence-corrected chi connectivity index (χ4v) is 4.81. The van der Waals surface area contributed by atoms with Crippen LogP contribution >= 0.6 is 22.9 Å². The monoisotopic (exact) mass is 414 g/mol. The van der Waals surface area contributed by atoms with Gasteiger partial charge in [0.05, 0.1) is 16.3 Å². The molecule has 5 nitrogen and oxygen atoms in total. The van der Waals surface area contributed by atoms with Crippen molar-refractivity contribution in [2.24, 2.45) is 0 Å². The number of carbonyl (C=O) groups excluding carboxylic acids is 2. The SMILES string of the molecule is C[NH+](Cc1ccc(Cl)s1)CN1C(=O)N[C@](C)(c2ccc3ccccc3c2)C1=O. The summed E-state index contributed by atoms with van der Waals surface area (Å²) in [6.45, 7) is 2.76. The highest BCUT2D eigenvalue weighted by Crippen LogP contribution is 2.30. The maximum Gasteiger partial charge on any atom is 0.329 e. The van der Waals surface area contributed by atoms with E-state index in [4.69, 9.17) is 11.6 Å². The minimum atomic E-state index is -1.06. The van der Waals surface area contributed by atoms with Crippen molar-refractivity contribution >= 4 is 45.6 Å². The van der Waals surface area contributed by atoms with Gasteiger partial charge in [-0.15, -0.1) is 11.3 Å². The number of hydrogen-bond acceptors (Lipinski definition) is 3. The highest BCUT2D eigenvalue weighted by atomic mass is 35.5. The average Bonchev–Trinajstić information content (AvgIpc) is 3.17. The standard InChI is InChI=1S/C21H20ClN3O2S/c1-21(16-8-7-14-5-3-4-6-15(14)11-16)19(26)25(20(27)23-21)13-24(2)12-17-9-10-18(22)28-17/h3-11H,12-13H2,1-2H3,(H,23,27)/p+1/t21-/m1/s1. The second kappa shape index (κ2) is 7.20. The van der Waals surface area contributed by atoms with Crippen LogP contribution in [0.15, 0.2) is 54.6 Å². The van der Waals surface area contributed by atoms with Crippen LogP contribution in [0.1, 0.15) is 17.4 Å². The van der Waals surface area contributed by atoms with E-state index in [9.17, 15) is 9.59 Å². The molecule has 0 saturated carbocycles. The minimum Gasteiger partial charge on any atom is -0.319 e. The van der Waals surface area contributed by atoms with Gasteiger partial charge >= 0.3 is 6.03 Å². The summed E-state index contributed by atoms with van der Waals surface area (Å²) in [6.07, 6.45) is 0. The summed E-state index contributed by atoms with van der Waals surface area (Å²) in [5.74, 6) is -0.226. The highest BCUT2D eigenvalue weighted by molar-refractivity contribution is 7.16. The van der Waals surface area contributed by atoms with Gasteiger partial charge in [-0.05, 0) is 41.5 Å². The van der Waals surface area contributed by atoms with Crippen LogP contribution in [0.4, 0.5) is 4.79 Å². The Kier molecular flexibility index (Phi) is 4.87. The molecule has 0 aliphatic carbocycles. The molecular formula is C21H21ClN3O2S+. The van der Waals surface area contributed by atoms with Gasteiger partial charge in [0, 0.05) is 0 Å². The molecule has 2 N–H and O–H groups in total. The van der Waals surface area contributed by atoms with Crippen molar-refractivity contribution in [2.45, 2.75) is 19.0 Å². The second-order valence-electron chi connectivity index (χ2n) is 7.35. The number of imide groups is 1. The molecule has 0 radical (unpaired) electrons. The number of halogens is 1. The zero-order valence-corrected chi connectivity index (χ0v) is 17.2. The second-order valence-corrected chi connectivity index (χ2v) is 9.15. The molecule has 4 rings (SSSR count). The lowest BCUT2D eigenvalue weighted by Gasteiger charge is -2.23. The summed E-state index contributed by atoms with van der Waals surface area (Å²) in [6, 6.07) is 17.3. The summed E-state index contributed by atoms with van der Waals surface area (Å²) < 4.78 is 0.738. The molecule has 1 saturated heterocycles. The Labute approximate surface area is 172 Å². The summed E-state index contributed by atoms with van der Waals surface area (Å²) in [5.41, 5.74) is -0.275. The number of benzene rings is 2. The van der Waals surface area contributed by atoms with E-state index in [1.54, 1.807) is 6.92 Å². The van der Waals surface area contributed by atoms with E-state index in [2.05, 4.69) is 5.32 Å². The molecule has 0 spiro atoms. The van der Waals surface area contributed by atoms with Gasteiger partial charge in [0.15, 0.2) is 6.67 Å². The normalized spacial score (nSPS) is 20.6. The Balaban J connectivity index is 1.55. The van der Waals surface area contributed by atoms with Crippen LogP contribution in [0.2, 0.25) is 4.34 Å². The quantitative estimate of drug-likeness (QED) is 0.630. The fraction of sp³-hybridized carbons (Fsp3) is 0.238. The van der Waals surface area contributed by atoms with E-state index in [0.717, 1.165) is 30.4 Å². The van der Waals surface area contributed by atoms with Crippen LogP contribution in [-0.2, 0) is 16.9 Å². The summed E-state index contributed by atoms with van der Waals surface area (Å²) in [7, 11) is 1.96. The maximum absolute atomic E-state index is 13.2. The van der Waals surface area contributed by atoms with Gasteiger partial charge in [-0.3, -0.25) is 4.79 Å². The number of urea groups is 1. The number of amides is 3. The molecule has 2 aromatic carbocycles. The van der Waals surface area contributed by atoms with E-state index in [0.29, 0.717) is 13.2 Å². The van der Waals surface area contributed by atoms with Crippen molar-refractivity contribution in [3.63, 3.8) is 0 Å². The predicted octanol–water partition coefficient (Wildman–Crippen LogP) is 2.99. The first-order valence-electron chi connectivity index (χ1n) is 9.06. The molecular weight excluding hydrogens is 394 g/mol. The number of thiophene rings is 1. The van der Waals surface area contributed by atoms with E-state index in [1.165, 1.54) is 16.2 Å². The van der Waals surface area contributed by atoms with Crippen LogP contribution in [0.5, 0.6) is 0 Å². The molecule has 2 heterocycles. The Morgan fingerprint density at radius 2 is 1.86 bits per heavy atom. The van der Waals surface area contributed by atoms with Gasteiger partial charge in [-0.2, -0.15) is 0 Å². The van der Waals surface area contributed by atoms with Gasteiger partial charge in [0.1, 0.15) is 12.1 Å². The largest absolute Gasteiger partial charge is 0.329 e. The smallest absolute Gasteiger partial charge is 0.319 e. The Bertz CT molecular complexity index is 1070. The number of quaternary nitrogens is 1. The minimum absolute atomic E-state index is 0.226.